The van der Waals surface area contributed by atoms with E-state index in [1.54, 1.807) is 36.4 Å². The Morgan fingerprint density at radius 3 is 2.10 bits per heavy atom. The summed E-state index contributed by atoms with van der Waals surface area (Å²) in [4.78, 5) is 24.6. The number of amidine groups is 1. The number of anilines is 1. The fourth-order valence-corrected chi connectivity index (χ4v) is 3.14. The second-order valence-electron chi connectivity index (χ2n) is 6.13. The van der Waals surface area contributed by atoms with E-state index in [1.165, 1.54) is 24.3 Å². The Morgan fingerprint density at radius 1 is 0.862 bits per heavy atom. The van der Waals surface area contributed by atoms with Crippen molar-refractivity contribution in [2.45, 2.75) is 0 Å². The zero-order valence-corrected chi connectivity index (χ0v) is 16.4. The fourth-order valence-electron chi connectivity index (χ4n) is 2.80. The van der Waals surface area contributed by atoms with Gasteiger partial charge in [-0.1, -0.05) is 29.3 Å². The van der Waals surface area contributed by atoms with Crippen molar-refractivity contribution >= 4 is 46.6 Å². The Morgan fingerprint density at radius 2 is 1.48 bits per heavy atom. The number of carboxylic acids is 1. The number of carbonyl (C=O) groups is 2. The van der Waals surface area contributed by atoms with E-state index in [-0.39, 0.29) is 22.0 Å². The molecule has 8 heteroatoms. The largest absolute Gasteiger partial charge is 0.478 e. The average Bonchev–Trinajstić information content (AvgIpc) is 2.68. The summed E-state index contributed by atoms with van der Waals surface area (Å²) in [5.41, 5.74) is 7.34. The van der Waals surface area contributed by atoms with Crippen LogP contribution in [0.2, 0.25) is 10.0 Å². The van der Waals surface area contributed by atoms with E-state index < -0.39 is 11.9 Å². The normalized spacial score (nSPS) is 10.4. The molecule has 0 unspecified atom stereocenters. The van der Waals surface area contributed by atoms with Crippen LogP contribution in [0.5, 0.6) is 0 Å². The molecule has 3 aromatic rings. The third-order valence-corrected chi connectivity index (χ3v) is 4.65. The smallest absolute Gasteiger partial charge is 0.336 e. The van der Waals surface area contributed by atoms with E-state index in [0.29, 0.717) is 27.4 Å². The Kier molecular flexibility index (Phi) is 5.87. The van der Waals surface area contributed by atoms with Crippen molar-refractivity contribution < 1.29 is 14.7 Å². The lowest BCUT2D eigenvalue weighted by molar-refractivity contribution is 0.0697. The van der Waals surface area contributed by atoms with E-state index >= 15 is 0 Å². The first-order chi connectivity index (χ1) is 13.8. The number of benzene rings is 3. The molecule has 0 saturated carbocycles. The maximum Gasteiger partial charge on any atom is 0.336 e. The molecule has 0 atom stereocenters. The Balaban J connectivity index is 2.02. The van der Waals surface area contributed by atoms with Gasteiger partial charge in [-0.25, -0.2) is 4.79 Å². The number of aromatic carboxylic acids is 1. The van der Waals surface area contributed by atoms with Crippen LogP contribution in [0.4, 0.5) is 5.69 Å². The van der Waals surface area contributed by atoms with Gasteiger partial charge in [0.1, 0.15) is 5.84 Å². The molecular formula is C21H15Cl2N3O3. The number of carboxylic acid groups (broad SMARTS) is 1. The standard InChI is InChI=1S/C21H15Cl2N3O3/c22-12-4-8-16(20(27)26-14-5-1-11(2-6-14)19(24)25)17(9-12)15-7-3-13(23)10-18(15)21(28)29/h1-10H,(H3,24,25)(H,26,27)(H,28,29). The molecule has 0 spiro atoms. The van der Waals surface area contributed by atoms with E-state index in [2.05, 4.69) is 5.32 Å². The van der Waals surface area contributed by atoms with Gasteiger partial charge in [-0.15, -0.1) is 0 Å². The molecule has 1 amide bonds. The average molecular weight is 428 g/mol. The van der Waals surface area contributed by atoms with Crippen LogP contribution in [0.25, 0.3) is 11.1 Å². The van der Waals surface area contributed by atoms with Crippen LogP contribution in [0.15, 0.2) is 60.7 Å². The van der Waals surface area contributed by atoms with Crippen molar-refractivity contribution in [3.05, 3.63) is 87.4 Å². The number of nitrogens with one attached hydrogen (secondary N) is 2. The molecule has 3 rings (SSSR count). The molecule has 5 N–H and O–H groups in total. The van der Waals surface area contributed by atoms with Gasteiger partial charge in [0.15, 0.2) is 0 Å². The lowest BCUT2D eigenvalue weighted by Gasteiger charge is -2.13. The second-order valence-corrected chi connectivity index (χ2v) is 7.00. The molecule has 0 heterocycles. The van der Waals surface area contributed by atoms with Crippen molar-refractivity contribution in [2.75, 3.05) is 5.32 Å². The number of rotatable bonds is 5. The molecule has 0 bridgehead atoms. The minimum Gasteiger partial charge on any atom is -0.478 e. The highest BCUT2D eigenvalue weighted by Crippen LogP contribution is 2.32. The molecule has 0 aliphatic heterocycles. The Hall–Kier alpha value is -3.35. The summed E-state index contributed by atoms with van der Waals surface area (Å²) in [6, 6.07) is 15.5. The van der Waals surface area contributed by atoms with Crippen LogP contribution >= 0.6 is 23.2 Å². The highest BCUT2D eigenvalue weighted by atomic mass is 35.5. The van der Waals surface area contributed by atoms with Crippen molar-refractivity contribution in [2.24, 2.45) is 5.73 Å². The van der Waals surface area contributed by atoms with Crippen LogP contribution < -0.4 is 11.1 Å². The predicted octanol–water partition coefficient (Wildman–Crippen LogP) is 4.89. The summed E-state index contributed by atoms with van der Waals surface area (Å²) in [6.45, 7) is 0. The number of carbonyl (C=O) groups excluding carboxylic acids is 1. The van der Waals surface area contributed by atoms with Crippen molar-refractivity contribution in [1.29, 1.82) is 5.41 Å². The molecule has 0 saturated heterocycles. The number of amides is 1. The van der Waals surface area contributed by atoms with Crippen LogP contribution in [-0.2, 0) is 0 Å². The summed E-state index contributed by atoms with van der Waals surface area (Å²) in [5, 5.41) is 20.3. The fraction of sp³-hybridized carbons (Fsp3) is 0. The molecule has 0 aromatic heterocycles. The molecule has 0 aliphatic carbocycles. The predicted molar refractivity (Wildman–Crippen MR) is 114 cm³/mol. The Bertz CT molecular complexity index is 1130. The molecule has 0 fully saturated rings. The molecule has 146 valence electrons. The molecule has 6 nitrogen and oxygen atoms in total. The molecule has 29 heavy (non-hydrogen) atoms. The number of nitrogen functional groups attached to an aromatic ring is 1. The number of halogens is 2. The number of hydrogen-bond donors (Lipinski definition) is 4. The van der Waals surface area contributed by atoms with Crippen LogP contribution in [0, 0.1) is 5.41 Å². The van der Waals surface area contributed by atoms with E-state index in [4.69, 9.17) is 34.3 Å². The highest BCUT2D eigenvalue weighted by molar-refractivity contribution is 6.32. The van der Waals surface area contributed by atoms with Gasteiger partial charge in [-0.05, 0) is 65.7 Å². The monoisotopic (exact) mass is 427 g/mol. The molecule has 3 aromatic carbocycles. The topological polar surface area (TPSA) is 116 Å². The summed E-state index contributed by atoms with van der Waals surface area (Å²) >= 11 is 12.0. The van der Waals surface area contributed by atoms with Gasteiger partial charge >= 0.3 is 5.97 Å². The van der Waals surface area contributed by atoms with E-state index in [9.17, 15) is 14.7 Å². The third kappa shape index (κ3) is 4.56. The minimum absolute atomic E-state index is 0.0420. The summed E-state index contributed by atoms with van der Waals surface area (Å²) in [6.07, 6.45) is 0. The van der Waals surface area contributed by atoms with Gasteiger partial charge in [-0.3, -0.25) is 10.2 Å². The number of hydrogen-bond acceptors (Lipinski definition) is 3. The summed E-state index contributed by atoms with van der Waals surface area (Å²) in [7, 11) is 0. The first kappa shape index (κ1) is 20.4. The lowest BCUT2D eigenvalue weighted by Crippen LogP contribution is -2.15. The van der Waals surface area contributed by atoms with Gasteiger partial charge in [0, 0.05) is 26.9 Å². The van der Waals surface area contributed by atoms with Gasteiger partial charge in [0.2, 0.25) is 0 Å². The zero-order valence-electron chi connectivity index (χ0n) is 14.9. The molecular weight excluding hydrogens is 413 g/mol. The quantitative estimate of drug-likeness (QED) is 0.342. The second kappa shape index (κ2) is 8.34. The van der Waals surface area contributed by atoms with E-state index in [0.717, 1.165) is 0 Å². The van der Waals surface area contributed by atoms with Gasteiger partial charge in [-0.2, -0.15) is 0 Å². The number of nitrogens with two attached hydrogens (primary N) is 1. The maximum atomic E-state index is 12.9. The molecule has 0 aliphatic rings. The van der Waals surface area contributed by atoms with Crippen LogP contribution in [0.3, 0.4) is 0 Å². The lowest BCUT2D eigenvalue weighted by atomic mass is 9.95. The first-order valence-electron chi connectivity index (χ1n) is 8.35. The summed E-state index contributed by atoms with van der Waals surface area (Å²) < 4.78 is 0. The maximum absolute atomic E-state index is 12.9. The van der Waals surface area contributed by atoms with Crippen LogP contribution in [0.1, 0.15) is 26.3 Å². The SMILES string of the molecule is N=C(N)c1ccc(NC(=O)c2ccc(Cl)cc2-c2ccc(Cl)cc2C(=O)O)cc1. The van der Waals surface area contributed by atoms with Crippen molar-refractivity contribution in [3.63, 3.8) is 0 Å². The first-order valence-corrected chi connectivity index (χ1v) is 9.10. The van der Waals surface area contributed by atoms with Crippen LogP contribution in [-0.4, -0.2) is 22.8 Å². The van der Waals surface area contributed by atoms with Gasteiger partial charge in [0.25, 0.3) is 5.91 Å². The minimum atomic E-state index is -1.17. The third-order valence-electron chi connectivity index (χ3n) is 4.18. The molecule has 0 radical (unpaired) electrons. The summed E-state index contributed by atoms with van der Waals surface area (Å²) in [5.74, 6) is -1.70. The van der Waals surface area contributed by atoms with Crippen molar-refractivity contribution in [3.8, 4) is 11.1 Å². The highest BCUT2D eigenvalue weighted by Gasteiger charge is 2.19. The van der Waals surface area contributed by atoms with Gasteiger partial charge < -0.3 is 16.2 Å². The Labute approximate surface area is 176 Å². The van der Waals surface area contributed by atoms with Gasteiger partial charge in [0.05, 0.1) is 5.56 Å². The van der Waals surface area contributed by atoms with E-state index in [1.807, 2.05) is 0 Å². The zero-order chi connectivity index (χ0) is 21.1. The van der Waals surface area contributed by atoms with Crippen molar-refractivity contribution in [1.82, 2.24) is 0 Å².